The van der Waals surface area contributed by atoms with E-state index in [9.17, 15) is 8.42 Å². The highest BCUT2D eigenvalue weighted by molar-refractivity contribution is 7.89. The number of ether oxygens (including phenoxy) is 2. The SMILES string of the molecule is COCCS(=O)(=O)N(C)C[C@@H]1C[C@H](OC)CN1C. The summed E-state index contributed by atoms with van der Waals surface area (Å²) in [6, 6.07) is 0.220. The first-order valence-electron chi connectivity index (χ1n) is 6.06. The third-order valence-corrected chi connectivity index (χ3v) is 5.25. The summed E-state index contributed by atoms with van der Waals surface area (Å²) in [6.07, 6.45) is 1.08. The van der Waals surface area contributed by atoms with Gasteiger partial charge in [0, 0.05) is 40.4 Å². The molecule has 0 N–H and O–H groups in total. The molecule has 0 aromatic carbocycles. The van der Waals surface area contributed by atoms with Crippen molar-refractivity contribution in [1.29, 1.82) is 0 Å². The lowest BCUT2D eigenvalue weighted by Crippen LogP contribution is -2.40. The zero-order chi connectivity index (χ0) is 13.8. The third-order valence-electron chi connectivity index (χ3n) is 3.47. The summed E-state index contributed by atoms with van der Waals surface area (Å²) in [6.45, 7) is 1.59. The van der Waals surface area contributed by atoms with Crippen LogP contribution in [-0.4, -0.2) is 83.5 Å². The van der Waals surface area contributed by atoms with Crippen molar-refractivity contribution in [1.82, 2.24) is 9.21 Å². The van der Waals surface area contributed by atoms with Gasteiger partial charge in [0.1, 0.15) is 0 Å². The Balaban J connectivity index is 2.51. The zero-order valence-electron chi connectivity index (χ0n) is 11.6. The average molecular weight is 280 g/mol. The van der Waals surface area contributed by atoms with Gasteiger partial charge in [-0.3, -0.25) is 4.90 Å². The Hall–Kier alpha value is -0.210. The van der Waals surface area contributed by atoms with Crippen molar-refractivity contribution >= 4 is 10.0 Å². The van der Waals surface area contributed by atoms with Crippen LogP contribution < -0.4 is 0 Å². The minimum Gasteiger partial charge on any atom is -0.384 e. The maximum Gasteiger partial charge on any atom is 0.216 e. The second-order valence-corrected chi connectivity index (χ2v) is 6.97. The Labute approximate surface area is 110 Å². The lowest BCUT2D eigenvalue weighted by molar-refractivity contribution is 0.111. The predicted molar refractivity (Wildman–Crippen MR) is 70.1 cm³/mol. The molecule has 1 aliphatic heterocycles. The molecule has 0 aromatic rings. The van der Waals surface area contributed by atoms with Crippen LogP contribution in [0.2, 0.25) is 0 Å². The number of sulfonamides is 1. The maximum absolute atomic E-state index is 11.9. The fourth-order valence-corrected chi connectivity index (χ4v) is 3.26. The second kappa shape index (κ2) is 6.81. The normalized spacial score (nSPS) is 26.1. The number of hydrogen-bond donors (Lipinski definition) is 0. The van der Waals surface area contributed by atoms with Crippen LogP contribution in [-0.2, 0) is 19.5 Å². The molecule has 0 aromatic heterocycles. The van der Waals surface area contributed by atoms with Crippen molar-refractivity contribution in [3.8, 4) is 0 Å². The molecule has 2 atom stereocenters. The minimum absolute atomic E-state index is 0.0319. The van der Waals surface area contributed by atoms with E-state index < -0.39 is 10.0 Å². The van der Waals surface area contributed by atoms with Crippen molar-refractivity contribution in [3.05, 3.63) is 0 Å². The predicted octanol–water partition coefficient (Wildman–Crippen LogP) is -0.386. The van der Waals surface area contributed by atoms with E-state index in [0.29, 0.717) is 6.54 Å². The summed E-state index contributed by atoms with van der Waals surface area (Å²) in [4.78, 5) is 2.15. The van der Waals surface area contributed by atoms with E-state index in [2.05, 4.69) is 4.90 Å². The molecule has 108 valence electrons. The van der Waals surface area contributed by atoms with E-state index in [1.807, 2.05) is 7.05 Å². The largest absolute Gasteiger partial charge is 0.384 e. The van der Waals surface area contributed by atoms with Crippen LogP contribution in [0.3, 0.4) is 0 Å². The van der Waals surface area contributed by atoms with Crippen molar-refractivity contribution < 1.29 is 17.9 Å². The second-order valence-electron chi connectivity index (χ2n) is 4.78. The Morgan fingerprint density at radius 3 is 2.56 bits per heavy atom. The summed E-state index contributed by atoms with van der Waals surface area (Å²) >= 11 is 0. The summed E-state index contributed by atoms with van der Waals surface area (Å²) in [5, 5.41) is 0. The van der Waals surface area contributed by atoms with Gasteiger partial charge in [-0.2, -0.15) is 0 Å². The van der Waals surface area contributed by atoms with Crippen molar-refractivity contribution in [2.75, 3.05) is 53.8 Å². The van der Waals surface area contributed by atoms with Crippen LogP contribution >= 0.6 is 0 Å². The topological polar surface area (TPSA) is 59.1 Å². The number of nitrogens with zero attached hydrogens (tertiary/aromatic N) is 2. The molecule has 18 heavy (non-hydrogen) atoms. The first-order chi connectivity index (χ1) is 8.40. The highest BCUT2D eigenvalue weighted by Crippen LogP contribution is 2.19. The van der Waals surface area contributed by atoms with E-state index in [4.69, 9.17) is 9.47 Å². The van der Waals surface area contributed by atoms with Gasteiger partial charge < -0.3 is 9.47 Å². The molecule has 1 heterocycles. The number of likely N-dealkylation sites (tertiary alicyclic amines) is 1. The molecule has 0 saturated carbocycles. The summed E-state index contributed by atoms with van der Waals surface area (Å²) in [7, 11) is 3.60. The third kappa shape index (κ3) is 4.17. The lowest BCUT2D eigenvalue weighted by Gasteiger charge is -2.25. The van der Waals surface area contributed by atoms with Crippen LogP contribution in [0.25, 0.3) is 0 Å². The van der Waals surface area contributed by atoms with Gasteiger partial charge in [-0.05, 0) is 13.5 Å². The molecule has 7 heteroatoms. The average Bonchev–Trinajstić information content (AvgIpc) is 2.67. The number of methoxy groups -OCH3 is 2. The van der Waals surface area contributed by atoms with E-state index in [0.717, 1.165) is 13.0 Å². The molecular weight excluding hydrogens is 256 g/mol. The maximum atomic E-state index is 11.9. The monoisotopic (exact) mass is 280 g/mol. The summed E-state index contributed by atoms with van der Waals surface area (Å²) in [5.74, 6) is 0.0319. The Kier molecular flexibility index (Phi) is 6.00. The fraction of sp³-hybridized carbons (Fsp3) is 1.00. The van der Waals surface area contributed by atoms with Gasteiger partial charge in [0.25, 0.3) is 0 Å². The van der Waals surface area contributed by atoms with Crippen LogP contribution in [0, 0.1) is 0 Å². The molecule has 1 rings (SSSR count). The number of rotatable bonds is 7. The quantitative estimate of drug-likeness (QED) is 0.636. The first-order valence-corrected chi connectivity index (χ1v) is 7.67. The molecule has 1 aliphatic rings. The molecule has 0 unspecified atom stereocenters. The minimum atomic E-state index is -3.22. The molecule has 0 bridgehead atoms. The smallest absolute Gasteiger partial charge is 0.216 e. The molecule has 0 aliphatic carbocycles. The highest BCUT2D eigenvalue weighted by atomic mass is 32.2. The Bertz CT molecular complexity index is 347. The van der Waals surface area contributed by atoms with E-state index in [1.165, 1.54) is 11.4 Å². The molecule has 0 radical (unpaired) electrons. The highest BCUT2D eigenvalue weighted by Gasteiger charge is 2.32. The van der Waals surface area contributed by atoms with E-state index in [1.54, 1.807) is 14.2 Å². The van der Waals surface area contributed by atoms with Crippen LogP contribution in [0.15, 0.2) is 0 Å². The Morgan fingerprint density at radius 2 is 2.06 bits per heavy atom. The molecular formula is C11H24N2O4S. The van der Waals surface area contributed by atoms with Crippen LogP contribution in [0.1, 0.15) is 6.42 Å². The fourth-order valence-electron chi connectivity index (χ4n) is 2.17. The van der Waals surface area contributed by atoms with Gasteiger partial charge in [0.05, 0.1) is 18.5 Å². The van der Waals surface area contributed by atoms with E-state index >= 15 is 0 Å². The van der Waals surface area contributed by atoms with Gasteiger partial charge in [-0.1, -0.05) is 0 Å². The van der Waals surface area contributed by atoms with Gasteiger partial charge in [-0.15, -0.1) is 0 Å². The van der Waals surface area contributed by atoms with Crippen molar-refractivity contribution in [2.24, 2.45) is 0 Å². The molecule has 6 nitrogen and oxygen atoms in total. The summed E-state index contributed by atoms with van der Waals surface area (Å²) in [5.41, 5.74) is 0. The number of likely N-dealkylation sites (N-methyl/N-ethyl adjacent to an activating group) is 2. The standard InChI is InChI=1S/C11H24N2O4S/c1-12-9-11(17-4)7-10(12)8-13(2)18(14,15)6-5-16-3/h10-11H,5-9H2,1-4H3/t10-,11-/m0/s1. The lowest BCUT2D eigenvalue weighted by atomic mass is 10.2. The zero-order valence-corrected chi connectivity index (χ0v) is 12.4. The van der Waals surface area contributed by atoms with Gasteiger partial charge in [0.15, 0.2) is 0 Å². The van der Waals surface area contributed by atoms with Crippen LogP contribution in [0.5, 0.6) is 0 Å². The summed E-state index contributed by atoms with van der Waals surface area (Å²) < 4.78 is 35.4. The molecule has 0 spiro atoms. The Morgan fingerprint density at radius 1 is 1.39 bits per heavy atom. The van der Waals surface area contributed by atoms with Gasteiger partial charge in [0.2, 0.25) is 10.0 Å². The van der Waals surface area contributed by atoms with Crippen molar-refractivity contribution in [3.63, 3.8) is 0 Å². The molecule has 1 fully saturated rings. The van der Waals surface area contributed by atoms with Crippen molar-refractivity contribution in [2.45, 2.75) is 18.6 Å². The van der Waals surface area contributed by atoms with Gasteiger partial charge >= 0.3 is 0 Å². The molecule has 0 amide bonds. The number of hydrogen-bond acceptors (Lipinski definition) is 5. The molecule has 1 saturated heterocycles. The van der Waals surface area contributed by atoms with Crippen LogP contribution in [0.4, 0.5) is 0 Å². The first kappa shape index (κ1) is 15.8. The van der Waals surface area contributed by atoms with E-state index in [-0.39, 0.29) is 24.5 Å². The van der Waals surface area contributed by atoms with Gasteiger partial charge in [-0.25, -0.2) is 12.7 Å².